The fraction of sp³-hybridized carbons (Fsp3) is 0.667. The minimum absolute atomic E-state index is 0.0477. The molecule has 172 valence electrons. The third-order valence-corrected chi connectivity index (χ3v) is 9.26. The highest BCUT2D eigenvalue weighted by Crippen LogP contribution is 2.37. The number of carbonyl (C=O) groups is 1. The predicted octanol–water partition coefficient (Wildman–Crippen LogP) is 3.11. The second-order valence-electron chi connectivity index (χ2n) is 8.96. The number of ether oxygens (including phenoxy) is 1. The highest BCUT2D eigenvalue weighted by Gasteiger charge is 2.53. The van der Waals surface area contributed by atoms with Gasteiger partial charge in [-0.15, -0.1) is 0 Å². The number of piperidine rings is 1. The fourth-order valence-corrected chi connectivity index (χ4v) is 6.64. The molecule has 3 saturated heterocycles. The van der Waals surface area contributed by atoms with Crippen LogP contribution in [0.1, 0.15) is 39.5 Å². The molecule has 1 amide bonds. The first-order valence-corrected chi connectivity index (χ1v) is 13.0. The lowest BCUT2D eigenvalue weighted by Crippen LogP contribution is -2.60. The van der Waals surface area contributed by atoms with E-state index in [-0.39, 0.29) is 33.9 Å². The first-order chi connectivity index (χ1) is 14.6. The van der Waals surface area contributed by atoms with Gasteiger partial charge in [-0.05, 0) is 49.8 Å². The van der Waals surface area contributed by atoms with Crippen LogP contribution in [0, 0.1) is 5.92 Å². The molecule has 0 unspecified atom stereocenters. The van der Waals surface area contributed by atoms with Crippen molar-refractivity contribution in [1.29, 1.82) is 0 Å². The number of hydrogen-bond donors (Lipinski definition) is 1. The van der Waals surface area contributed by atoms with E-state index in [9.17, 15) is 13.2 Å². The van der Waals surface area contributed by atoms with Crippen molar-refractivity contribution in [1.82, 2.24) is 14.5 Å². The molecule has 2 atom stereocenters. The van der Waals surface area contributed by atoms with Gasteiger partial charge in [-0.1, -0.05) is 37.0 Å². The number of halogens is 2. The van der Waals surface area contributed by atoms with Crippen LogP contribution in [0.5, 0.6) is 0 Å². The van der Waals surface area contributed by atoms with E-state index in [1.54, 1.807) is 0 Å². The van der Waals surface area contributed by atoms with Crippen molar-refractivity contribution in [2.24, 2.45) is 5.92 Å². The Morgan fingerprint density at radius 2 is 1.94 bits per heavy atom. The normalized spacial score (nSPS) is 27.0. The lowest BCUT2D eigenvalue weighted by Gasteiger charge is -2.44. The van der Waals surface area contributed by atoms with Crippen molar-refractivity contribution in [3.8, 4) is 0 Å². The summed E-state index contributed by atoms with van der Waals surface area (Å²) in [7, 11) is -3.70. The van der Waals surface area contributed by atoms with Crippen molar-refractivity contribution < 1.29 is 17.9 Å². The zero-order valence-electron chi connectivity index (χ0n) is 17.8. The maximum absolute atomic E-state index is 13.2. The molecule has 7 nitrogen and oxygen atoms in total. The highest BCUT2D eigenvalue weighted by molar-refractivity contribution is 7.89. The van der Waals surface area contributed by atoms with Crippen molar-refractivity contribution in [3.63, 3.8) is 0 Å². The maximum atomic E-state index is 13.2. The van der Waals surface area contributed by atoms with Crippen molar-refractivity contribution in [2.75, 3.05) is 26.2 Å². The van der Waals surface area contributed by atoms with Crippen LogP contribution < -0.4 is 5.32 Å². The van der Waals surface area contributed by atoms with E-state index >= 15 is 0 Å². The Hall–Kier alpha value is -0.900. The lowest BCUT2D eigenvalue weighted by molar-refractivity contribution is -0.135. The molecule has 10 heteroatoms. The molecule has 0 radical (unpaired) electrons. The van der Waals surface area contributed by atoms with E-state index in [1.165, 1.54) is 22.5 Å². The summed E-state index contributed by atoms with van der Waals surface area (Å²) >= 11 is 12.0. The Morgan fingerprint density at radius 1 is 1.23 bits per heavy atom. The number of benzene rings is 1. The van der Waals surface area contributed by atoms with Gasteiger partial charge in [0.15, 0.2) is 0 Å². The minimum atomic E-state index is -3.70. The number of nitrogens with one attached hydrogen (secondary N) is 1. The van der Waals surface area contributed by atoms with Gasteiger partial charge in [-0.2, -0.15) is 4.31 Å². The van der Waals surface area contributed by atoms with Crippen LogP contribution in [0.15, 0.2) is 23.1 Å². The molecule has 3 fully saturated rings. The van der Waals surface area contributed by atoms with E-state index in [1.807, 2.05) is 18.7 Å². The molecular formula is C21H29Cl2N3O4S. The summed E-state index contributed by atoms with van der Waals surface area (Å²) in [6.07, 6.45) is 3.05. The van der Waals surface area contributed by atoms with Crippen LogP contribution in [-0.2, 0) is 19.6 Å². The summed E-state index contributed by atoms with van der Waals surface area (Å²) in [5.74, 6) is 0.239. The van der Waals surface area contributed by atoms with Crippen LogP contribution in [0.25, 0.3) is 0 Å². The quantitative estimate of drug-likeness (QED) is 0.687. The summed E-state index contributed by atoms with van der Waals surface area (Å²) in [6.45, 7) is 5.97. The van der Waals surface area contributed by atoms with E-state index in [4.69, 9.17) is 27.9 Å². The van der Waals surface area contributed by atoms with E-state index in [0.717, 1.165) is 19.4 Å². The monoisotopic (exact) mass is 489 g/mol. The van der Waals surface area contributed by atoms with Crippen LogP contribution in [0.3, 0.4) is 0 Å². The average molecular weight is 490 g/mol. The second kappa shape index (κ2) is 8.80. The molecule has 1 aromatic carbocycles. The lowest BCUT2D eigenvalue weighted by atomic mass is 9.96. The van der Waals surface area contributed by atoms with Crippen LogP contribution in [0.2, 0.25) is 10.0 Å². The van der Waals surface area contributed by atoms with Gasteiger partial charge in [0.1, 0.15) is 0 Å². The molecule has 0 saturated carbocycles. The van der Waals surface area contributed by atoms with Gasteiger partial charge in [0, 0.05) is 26.2 Å². The molecule has 0 aliphatic carbocycles. The largest absolute Gasteiger partial charge is 0.376 e. The molecule has 3 aliphatic heterocycles. The molecular weight excluding hydrogens is 461 g/mol. The fourth-order valence-electron chi connectivity index (χ4n) is 4.81. The van der Waals surface area contributed by atoms with E-state index < -0.39 is 15.7 Å². The Labute approximate surface area is 194 Å². The number of carbonyl (C=O) groups excluding carboxylic acids is 1. The average Bonchev–Trinajstić information content (AvgIpc) is 3.33. The van der Waals surface area contributed by atoms with E-state index in [2.05, 4.69) is 5.32 Å². The molecule has 3 heterocycles. The Morgan fingerprint density at radius 3 is 2.52 bits per heavy atom. The molecule has 1 aromatic rings. The molecule has 0 bridgehead atoms. The standard InChI is InChI=1S/C21H29Cl2N3O4S/c1-14(2)19-20(27)26(13-15-4-3-11-30-15)21(24-19)7-9-25(10-8-21)31(28,29)16-5-6-17(22)18(23)12-16/h5-6,12,14-15,19,24H,3-4,7-11,13H2,1-2H3/t15-,19+/m0/s1. The van der Waals surface area contributed by atoms with Gasteiger partial charge in [-0.25, -0.2) is 8.42 Å². The number of amides is 1. The van der Waals surface area contributed by atoms with Gasteiger partial charge >= 0.3 is 0 Å². The molecule has 1 spiro atoms. The summed E-state index contributed by atoms with van der Waals surface area (Å²) < 4.78 is 33.6. The first kappa shape index (κ1) is 23.3. The van der Waals surface area contributed by atoms with Gasteiger partial charge in [0.05, 0.1) is 32.7 Å². The van der Waals surface area contributed by atoms with Crippen LogP contribution in [-0.4, -0.2) is 67.6 Å². The SMILES string of the molecule is CC(C)[C@H]1NC2(CCN(S(=O)(=O)c3ccc(Cl)c(Cl)c3)CC2)N(C[C@@H]2CCCO2)C1=O. The Balaban J connectivity index is 1.53. The zero-order chi connectivity index (χ0) is 22.4. The van der Waals surface area contributed by atoms with Gasteiger partial charge in [0.2, 0.25) is 15.9 Å². The molecule has 31 heavy (non-hydrogen) atoms. The van der Waals surface area contributed by atoms with Crippen LogP contribution >= 0.6 is 23.2 Å². The third-order valence-electron chi connectivity index (χ3n) is 6.63. The smallest absolute Gasteiger partial charge is 0.243 e. The van der Waals surface area contributed by atoms with Gasteiger partial charge in [-0.3, -0.25) is 10.1 Å². The number of nitrogens with zero attached hydrogens (tertiary/aromatic N) is 2. The van der Waals surface area contributed by atoms with Crippen molar-refractivity contribution in [2.45, 2.75) is 62.2 Å². The minimum Gasteiger partial charge on any atom is -0.376 e. The number of rotatable bonds is 5. The van der Waals surface area contributed by atoms with Crippen molar-refractivity contribution in [3.05, 3.63) is 28.2 Å². The first-order valence-electron chi connectivity index (χ1n) is 10.8. The Kier molecular flexibility index (Phi) is 6.60. The second-order valence-corrected chi connectivity index (χ2v) is 11.7. The highest BCUT2D eigenvalue weighted by atomic mass is 35.5. The Bertz CT molecular complexity index is 942. The summed E-state index contributed by atoms with van der Waals surface area (Å²) in [4.78, 5) is 15.3. The topological polar surface area (TPSA) is 79.0 Å². The van der Waals surface area contributed by atoms with E-state index in [0.29, 0.717) is 37.5 Å². The molecule has 0 aromatic heterocycles. The third kappa shape index (κ3) is 4.35. The summed E-state index contributed by atoms with van der Waals surface area (Å²) in [5.41, 5.74) is -0.540. The summed E-state index contributed by atoms with van der Waals surface area (Å²) in [5, 5.41) is 4.09. The molecule has 1 N–H and O–H groups in total. The molecule has 4 rings (SSSR count). The number of sulfonamides is 1. The van der Waals surface area contributed by atoms with Crippen LogP contribution in [0.4, 0.5) is 0 Å². The van der Waals surface area contributed by atoms with Gasteiger partial charge < -0.3 is 9.64 Å². The number of hydrogen-bond acceptors (Lipinski definition) is 5. The van der Waals surface area contributed by atoms with Crippen molar-refractivity contribution >= 4 is 39.1 Å². The van der Waals surface area contributed by atoms with Gasteiger partial charge in [0.25, 0.3) is 0 Å². The zero-order valence-corrected chi connectivity index (χ0v) is 20.1. The maximum Gasteiger partial charge on any atom is 0.243 e. The predicted molar refractivity (Wildman–Crippen MR) is 120 cm³/mol. The summed E-state index contributed by atoms with van der Waals surface area (Å²) in [6, 6.07) is 4.10. The molecule has 3 aliphatic rings.